The Morgan fingerprint density at radius 3 is 2.41 bits per heavy atom. The second-order valence-corrected chi connectivity index (χ2v) is 11.7. The maximum atomic E-state index is 12.8. The van der Waals surface area contributed by atoms with Crippen LogP contribution in [0.15, 0.2) is 54.6 Å². The van der Waals surface area contributed by atoms with Gasteiger partial charge in [-0.2, -0.15) is 0 Å². The van der Waals surface area contributed by atoms with Crippen molar-refractivity contribution in [3.8, 4) is 21.9 Å². The summed E-state index contributed by atoms with van der Waals surface area (Å²) in [6.45, 7) is -0.0237. The highest BCUT2D eigenvalue weighted by atomic mass is 35.5. The van der Waals surface area contributed by atoms with Crippen molar-refractivity contribution >= 4 is 44.9 Å². The molecule has 0 radical (unpaired) electrons. The number of carboxylic acid groups (broad SMARTS) is 2. The Balaban J connectivity index is 1.43. The van der Waals surface area contributed by atoms with E-state index in [1.807, 2.05) is 18.2 Å². The van der Waals surface area contributed by atoms with Gasteiger partial charge in [0, 0.05) is 13.1 Å². The molecule has 0 amide bonds. The molecular formula is C25H24ClNO8S2. The maximum absolute atomic E-state index is 12.8. The van der Waals surface area contributed by atoms with E-state index >= 15 is 0 Å². The van der Waals surface area contributed by atoms with Crippen molar-refractivity contribution in [1.29, 1.82) is 0 Å². The molecule has 2 N–H and O–H groups in total. The number of thiophene rings is 1. The lowest BCUT2D eigenvalue weighted by Gasteiger charge is -2.31. The van der Waals surface area contributed by atoms with Crippen LogP contribution in [-0.2, 0) is 20.6 Å². The minimum atomic E-state index is -3.43. The SMILES string of the molecule is O=C(O)COc1c(C(=O)O)sc(-c2cccc(OC3CCN(S(=O)(=O)Cc4ccccc4)CC3)c2)c1Cl. The zero-order valence-corrected chi connectivity index (χ0v) is 21.9. The van der Waals surface area contributed by atoms with E-state index in [1.54, 1.807) is 36.4 Å². The molecule has 1 fully saturated rings. The average molecular weight is 566 g/mol. The van der Waals surface area contributed by atoms with Crippen molar-refractivity contribution in [2.75, 3.05) is 19.7 Å². The van der Waals surface area contributed by atoms with Gasteiger partial charge in [0.25, 0.3) is 0 Å². The molecule has 1 aliphatic rings. The van der Waals surface area contributed by atoms with E-state index in [9.17, 15) is 23.1 Å². The lowest BCUT2D eigenvalue weighted by molar-refractivity contribution is -0.139. The molecule has 0 unspecified atom stereocenters. The number of carbonyl (C=O) groups is 2. The van der Waals surface area contributed by atoms with Crippen LogP contribution in [0, 0.1) is 0 Å². The van der Waals surface area contributed by atoms with Crippen molar-refractivity contribution in [2.24, 2.45) is 0 Å². The molecule has 2 aromatic carbocycles. The number of nitrogens with zero attached hydrogens (tertiary/aromatic N) is 1. The van der Waals surface area contributed by atoms with E-state index < -0.39 is 28.6 Å². The summed E-state index contributed by atoms with van der Waals surface area (Å²) < 4.78 is 38.3. The predicted molar refractivity (Wildman–Crippen MR) is 139 cm³/mol. The van der Waals surface area contributed by atoms with E-state index in [1.165, 1.54) is 4.31 Å². The molecule has 0 atom stereocenters. The van der Waals surface area contributed by atoms with Crippen LogP contribution in [0.3, 0.4) is 0 Å². The van der Waals surface area contributed by atoms with Gasteiger partial charge >= 0.3 is 11.9 Å². The molecule has 196 valence electrons. The second kappa shape index (κ2) is 11.5. The van der Waals surface area contributed by atoms with Gasteiger partial charge in [-0.3, -0.25) is 0 Å². The van der Waals surface area contributed by atoms with E-state index in [4.69, 9.17) is 26.2 Å². The molecular weight excluding hydrogens is 542 g/mol. The fourth-order valence-electron chi connectivity index (χ4n) is 3.99. The highest BCUT2D eigenvalue weighted by Crippen LogP contribution is 2.46. The van der Waals surface area contributed by atoms with Crippen LogP contribution in [0.4, 0.5) is 0 Å². The summed E-state index contributed by atoms with van der Waals surface area (Å²) in [6, 6.07) is 16.0. The van der Waals surface area contributed by atoms with Gasteiger partial charge in [0.1, 0.15) is 16.9 Å². The van der Waals surface area contributed by atoms with Gasteiger partial charge in [-0.05, 0) is 36.1 Å². The molecule has 2 heterocycles. The standard InChI is InChI=1S/C25H24ClNO8S2/c26-21-22(34-14-20(28)29)24(25(30)31)36-23(21)17-7-4-8-19(13-17)35-18-9-11-27(12-10-18)37(32,33)15-16-5-2-1-3-6-16/h1-8,13,18H,9-12,14-15H2,(H,28,29)(H,30,31). The third-order valence-electron chi connectivity index (χ3n) is 5.73. The molecule has 0 bridgehead atoms. The van der Waals surface area contributed by atoms with Crippen LogP contribution in [0.1, 0.15) is 28.1 Å². The molecule has 1 aliphatic heterocycles. The fraction of sp³-hybridized carbons (Fsp3) is 0.280. The molecule has 37 heavy (non-hydrogen) atoms. The molecule has 12 heteroatoms. The van der Waals surface area contributed by atoms with Crippen molar-refractivity contribution in [3.05, 3.63) is 70.1 Å². The van der Waals surface area contributed by atoms with Crippen molar-refractivity contribution in [3.63, 3.8) is 0 Å². The predicted octanol–water partition coefficient (Wildman–Crippen LogP) is 4.60. The molecule has 1 saturated heterocycles. The van der Waals surface area contributed by atoms with Gasteiger partial charge in [-0.15, -0.1) is 11.3 Å². The number of hydrogen-bond acceptors (Lipinski definition) is 7. The molecule has 0 spiro atoms. The van der Waals surface area contributed by atoms with E-state index in [0.717, 1.165) is 16.9 Å². The summed E-state index contributed by atoms with van der Waals surface area (Å²) in [5.41, 5.74) is 1.33. The highest BCUT2D eigenvalue weighted by Gasteiger charge is 2.29. The summed E-state index contributed by atoms with van der Waals surface area (Å²) in [5.74, 6) is -2.24. The molecule has 0 saturated carbocycles. The van der Waals surface area contributed by atoms with Crippen LogP contribution in [0.25, 0.3) is 10.4 Å². The topological polar surface area (TPSA) is 130 Å². The van der Waals surface area contributed by atoms with Crippen molar-refractivity contribution in [2.45, 2.75) is 24.7 Å². The van der Waals surface area contributed by atoms with Gasteiger partial charge in [0.2, 0.25) is 10.0 Å². The first-order valence-corrected chi connectivity index (χ1v) is 14.1. The fourth-order valence-corrected chi connectivity index (χ4v) is 6.96. The second-order valence-electron chi connectivity index (χ2n) is 8.38. The first kappa shape index (κ1) is 26.9. The van der Waals surface area contributed by atoms with E-state index in [0.29, 0.717) is 42.1 Å². The normalized spacial score (nSPS) is 14.8. The minimum Gasteiger partial charge on any atom is -0.490 e. The zero-order chi connectivity index (χ0) is 26.6. The van der Waals surface area contributed by atoms with Gasteiger partial charge in [-0.1, -0.05) is 54.1 Å². The average Bonchev–Trinajstić information content (AvgIpc) is 3.20. The van der Waals surface area contributed by atoms with Crippen molar-refractivity contribution in [1.82, 2.24) is 4.31 Å². The molecule has 0 aliphatic carbocycles. The van der Waals surface area contributed by atoms with Gasteiger partial charge < -0.3 is 19.7 Å². The van der Waals surface area contributed by atoms with Gasteiger partial charge in [-0.25, -0.2) is 22.3 Å². The number of piperidine rings is 1. The van der Waals surface area contributed by atoms with Crippen molar-refractivity contribution < 1.29 is 37.7 Å². The number of rotatable bonds is 10. The zero-order valence-electron chi connectivity index (χ0n) is 19.5. The Morgan fingerprint density at radius 1 is 1.05 bits per heavy atom. The van der Waals surface area contributed by atoms with Crippen LogP contribution in [0.5, 0.6) is 11.5 Å². The maximum Gasteiger partial charge on any atom is 0.349 e. The number of aromatic carboxylic acids is 1. The first-order valence-electron chi connectivity index (χ1n) is 11.3. The lowest BCUT2D eigenvalue weighted by atomic mass is 10.1. The number of benzene rings is 2. The number of carboxylic acids is 2. The largest absolute Gasteiger partial charge is 0.490 e. The summed E-state index contributed by atoms with van der Waals surface area (Å²) in [4.78, 5) is 22.7. The molecule has 4 rings (SSSR count). The van der Waals surface area contributed by atoms with E-state index in [-0.39, 0.29) is 27.5 Å². The van der Waals surface area contributed by atoms with Crippen LogP contribution in [-0.4, -0.2) is 60.7 Å². The number of hydrogen-bond donors (Lipinski definition) is 2. The van der Waals surface area contributed by atoms with Gasteiger partial charge in [0.15, 0.2) is 17.2 Å². The summed E-state index contributed by atoms with van der Waals surface area (Å²) in [7, 11) is -3.43. The Bertz CT molecular complexity index is 1380. The smallest absolute Gasteiger partial charge is 0.349 e. The van der Waals surface area contributed by atoms with E-state index in [2.05, 4.69) is 0 Å². The Hall–Kier alpha value is -3.12. The number of ether oxygens (including phenoxy) is 2. The number of aliphatic carboxylic acids is 1. The Kier molecular flexibility index (Phi) is 8.38. The number of halogens is 1. The number of sulfonamides is 1. The summed E-state index contributed by atoms with van der Waals surface area (Å²) in [5, 5.41) is 18.4. The third kappa shape index (κ3) is 6.61. The third-order valence-corrected chi connectivity index (χ3v) is 9.26. The first-order chi connectivity index (χ1) is 17.6. The molecule has 3 aromatic rings. The van der Waals surface area contributed by atoms with Crippen LogP contribution >= 0.6 is 22.9 Å². The van der Waals surface area contributed by atoms with Crippen LogP contribution < -0.4 is 9.47 Å². The highest BCUT2D eigenvalue weighted by molar-refractivity contribution is 7.88. The quantitative estimate of drug-likeness (QED) is 0.364. The van der Waals surface area contributed by atoms with Crippen LogP contribution in [0.2, 0.25) is 5.02 Å². The monoisotopic (exact) mass is 565 g/mol. The summed E-state index contributed by atoms with van der Waals surface area (Å²) >= 11 is 7.26. The summed E-state index contributed by atoms with van der Waals surface area (Å²) in [6.07, 6.45) is 0.851. The molecule has 9 nitrogen and oxygen atoms in total. The Labute approximate surface area is 222 Å². The molecule has 1 aromatic heterocycles. The lowest BCUT2D eigenvalue weighted by Crippen LogP contribution is -2.42. The minimum absolute atomic E-state index is 0.0118. The van der Waals surface area contributed by atoms with Gasteiger partial charge in [0.05, 0.1) is 10.6 Å². The Morgan fingerprint density at radius 2 is 1.76 bits per heavy atom.